The van der Waals surface area contributed by atoms with Crippen molar-refractivity contribution in [1.82, 2.24) is 4.98 Å². The maximum Gasteiger partial charge on any atom is 0.416 e. The van der Waals surface area contributed by atoms with Crippen molar-refractivity contribution in [3.8, 4) is 0 Å². The number of nitrogen functional groups attached to an aromatic ring is 1. The van der Waals surface area contributed by atoms with Crippen LogP contribution in [0.1, 0.15) is 16.1 Å². The molecule has 0 fully saturated rings. The summed E-state index contributed by atoms with van der Waals surface area (Å²) in [5.41, 5.74) is 4.56. The lowest BCUT2D eigenvalue weighted by Crippen LogP contribution is -2.05. The predicted octanol–water partition coefficient (Wildman–Crippen LogP) is 3.53. The van der Waals surface area contributed by atoms with Gasteiger partial charge in [-0.3, -0.25) is 0 Å². The number of carboxylic acid groups (broad SMARTS) is 1. The lowest BCUT2D eigenvalue weighted by atomic mass is 10.2. The number of alkyl halides is 3. The Morgan fingerprint density at radius 3 is 2.29 bits per heavy atom. The number of hydrogen-bond donors (Lipinski definition) is 2. The van der Waals surface area contributed by atoms with E-state index in [0.29, 0.717) is 9.79 Å². The molecule has 21 heavy (non-hydrogen) atoms. The molecular weight excluding hydrogens is 305 g/mol. The topological polar surface area (TPSA) is 76.2 Å². The second-order valence-electron chi connectivity index (χ2n) is 4.04. The molecule has 1 aromatic heterocycles. The van der Waals surface area contributed by atoms with Gasteiger partial charge in [0.2, 0.25) is 0 Å². The summed E-state index contributed by atoms with van der Waals surface area (Å²) in [5, 5.41) is 8.80. The molecule has 0 saturated heterocycles. The average Bonchev–Trinajstić information content (AvgIpc) is 2.38. The zero-order valence-electron chi connectivity index (χ0n) is 10.4. The number of pyridine rings is 1. The third-order valence-electron chi connectivity index (χ3n) is 2.51. The van der Waals surface area contributed by atoms with Crippen LogP contribution in [-0.4, -0.2) is 16.1 Å². The molecule has 2 rings (SSSR count). The lowest BCUT2D eigenvalue weighted by Gasteiger charge is -2.08. The molecule has 0 spiro atoms. The molecule has 1 heterocycles. The summed E-state index contributed by atoms with van der Waals surface area (Å²) in [6.45, 7) is 0. The maximum atomic E-state index is 12.4. The van der Waals surface area contributed by atoms with E-state index in [9.17, 15) is 18.0 Å². The molecule has 110 valence electrons. The van der Waals surface area contributed by atoms with E-state index in [0.717, 1.165) is 23.9 Å². The molecule has 3 N–H and O–H groups in total. The Bertz CT molecular complexity index is 672. The van der Waals surface area contributed by atoms with E-state index in [1.807, 2.05) is 0 Å². The van der Waals surface area contributed by atoms with Crippen molar-refractivity contribution >= 4 is 23.4 Å². The van der Waals surface area contributed by atoms with Crippen LogP contribution in [0.5, 0.6) is 0 Å². The molecule has 0 amide bonds. The van der Waals surface area contributed by atoms with Gasteiger partial charge in [-0.2, -0.15) is 13.2 Å². The van der Waals surface area contributed by atoms with Crippen molar-refractivity contribution < 1.29 is 23.1 Å². The number of halogens is 3. The summed E-state index contributed by atoms with van der Waals surface area (Å²) in [6, 6.07) is 6.03. The van der Waals surface area contributed by atoms with E-state index >= 15 is 0 Å². The molecule has 8 heteroatoms. The quantitative estimate of drug-likeness (QED) is 0.906. The number of carboxylic acids is 1. The minimum absolute atomic E-state index is 0.000545. The first kappa shape index (κ1) is 15.2. The van der Waals surface area contributed by atoms with E-state index in [-0.39, 0.29) is 11.4 Å². The van der Waals surface area contributed by atoms with Crippen LogP contribution in [0.25, 0.3) is 0 Å². The smallest absolute Gasteiger partial charge is 0.416 e. The van der Waals surface area contributed by atoms with Crippen LogP contribution in [0.15, 0.2) is 46.3 Å². The van der Waals surface area contributed by atoms with Gasteiger partial charge in [0.05, 0.1) is 11.3 Å². The number of aromatic carboxylic acids is 1. The summed E-state index contributed by atoms with van der Waals surface area (Å²) >= 11 is 1.14. The van der Waals surface area contributed by atoms with Gasteiger partial charge in [0.15, 0.2) is 5.69 Å². The van der Waals surface area contributed by atoms with Crippen molar-refractivity contribution in [1.29, 1.82) is 0 Å². The fraction of sp³-hybridized carbons (Fsp3) is 0.0769. The molecule has 1 aromatic carbocycles. The van der Waals surface area contributed by atoms with E-state index in [1.165, 1.54) is 24.4 Å². The molecular formula is C13H9F3N2O2S. The molecule has 0 atom stereocenters. The molecule has 0 radical (unpaired) electrons. The van der Waals surface area contributed by atoms with Crippen molar-refractivity contribution in [3.05, 3.63) is 47.8 Å². The SMILES string of the molecule is Nc1cc(Sc2ccc(C(F)(F)F)cc2)cnc1C(=O)O. The zero-order chi connectivity index (χ0) is 15.6. The largest absolute Gasteiger partial charge is 0.476 e. The van der Waals surface area contributed by atoms with Gasteiger partial charge in [0.25, 0.3) is 0 Å². The standard InChI is InChI=1S/C13H9F3N2O2S/c14-13(15,16)7-1-3-8(4-2-7)21-9-5-10(17)11(12(19)20)18-6-9/h1-6H,17H2,(H,19,20). The van der Waals surface area contributed by atoms with Gasteiger partial charge in [-0.15, -0.1) is 0 Å². The molecule has 0 bridgehead atoms. The fourth-order valence-corrected chi connectivity index (χ4v) is 2.38. The van der Waals surface area contributed by atoms with Gasteiger partial charge in [-0.1, -0.05) is 11.8 Å². The highest BCUT2D eigenvalue weighted by atomic mass is 32.2. The minimum atomic E-state index is -4.38. The number of anilines is 1. The van der Waals surface area contributed by atoms with E-state index in [4.69, 9.17) is 10.8 Å². The van der Waals surface area contributed by atoms with Crippen LogP contribution in [-0.2, 0) is 6.18 Å². The van der Waals surface area contributed by atoms with Crippen LogP contribution < -0.4 is 5.73 Å². The average molecular weight is 314 g/mol. The third kappa shape index (κ3) is 3.66. The predicted molar refractivity (Wildman–Crippen MR) is 71.2 cm³/mol. The third-order valence-corrected chi connectivity index (χ3v) is 3.48. The number of nitrogens with two attached hydrogens (primary N) is 1. The molecule has 4 nitrogen and oxygen atoms in total. The Hall–Kier alpha value is -2.22. The first-order valence-electron chi connectivity index (χ1n) is 5.61. The van der Waals surface area contributed by atoms with E-state index in [2.05, 4.69) is 4.98 Å². The Kier molecular flexibility index (Phi) is 4.08. The number of benzene rings is 1. The fourth-order valence-electron chi connectivity index (χ4n) is 1.54. The van der Waals surface area contributed by atoms with Crippen LogP contribution in [0.2, 0.25) is 0 Å². The second kappa shape index (κ2) is 5.65. The number of hydrogen-bond acceptors (Lipinski definition) is 4. The molecule has 0 aliphatic heterocycles. The lowest BCUT2D eigenvalue weighted by molar-refractivity contribution is -0.137. The highest BCUT2D eigenvalue weighted by Gasteiger charge is 2.29. The maximum absolute atomic E-state index is 12.4. The van der Waals surface area contributed by atoms with Gasteiger partial charge >= 0.3 is 12.1 Å². The Morgan fingerprint density at radius 1 is 1.19 bits per heavy atom. The van der Waals surface area contributed by atoms with Gasteiger partial charge < -0.3 is 10.8 Å². The molecule has 0 unspecified atom stereocenters. The Labute approximate surface area is 121 Å². The second-order valence-corrected chi connectivity index (χ2v) is 5.19. The summed E-state index contributed by atoms with van der Waals surface area (Å²) in [4.78, 5) is 15.6. The summed E-state index contributed by atoms with van der Waals surface area (Å²) in [7, 11) is 0. The Balaban J connectivity index is 2.19. The van der Waals surface area contributed by atoms with Gasteiger partial charge in [-0.05, 0) is 30.3 Å². The highest BCUT2D eigenvalue weighted by Crippen LogP contribution is 2.33. The first-order chi connectivity index (χ1) is 9.77. The monoisotopic (exact) mass is 314 g/mol. The van der Waals surface area contributed by atoms with Gasteiger partial charge in [-0.25, -0.2) is 9.78 Å². The number of nitrogens with zero attached hydrogens (tertiary/aromatic N) is 1. The Morgan fingerprint density at radius 2 is 1.81 bits per heavy atom. The van der Waals surface area contributed by atoms with Crippen molar-refractivity contribution in [2.75, 3.05) is 5.73 Å². The van der Waals surface area contributed by atoms with Gasteiger partial charge in [0, 0.05) is 16.0 Å². The summed E-state index contributed by atoms with van der Waals surface area (Å²) < 4.78 is 37.3. The molecule has 2 aromatic rings. The van der Waals surface area contributed by atoms with Crippen molar-refractivity contribution in [2.45, 2.75) is 16.0 Å². The van der Waals surface area contributed by atoms with E-state index in [1.54, 1.807) is 0 Å². The normalized spacial score (nSPS) is 11.4. The first-order valence-corrected chi connectivity index (χ1v) is 6.43. The van der Waals surface area contributed by atoms with Crippen LogP contribution in [0.3, 0.4) is 0 Å². The molecule has 0 aliphatic carbocycles. The van der Waals surface area contributed by atoms with E-state index < -0.39 is 17.7 Å². The molecule has 0 aliphatic rings. The van der Waals surface area contributed by atoms with Crippen LogP contribution in [0, 0.1) is 0 Å². The molecule has 0 saturated carbocycles. The summed E-state index contributed by atoms with van der Waals surface area (Å²) in [6.07, 6.45) is -3.07. The van der Waals surface area contributed by atoms with Crippen molar-refractivity contribution in [3.63, 3.8) is 0 Å². The zero-order valence-corrected chi connectivity index (χ0v) is 11.2. The van der Waals surface area contributed by atoms with Crippen LogP contribution >= 0.6 is 11.8 Å². The minimum Gasteiger partial charge on any atom is -0.476 e. The number of aromatic nitrogens is 1. The highest BCUT2D eigenvalue weighted by molar-refractivity contribution is 7.99. The van der Waals surface area contributed by atoms with Crippen LogP contribution in [0.4, 0.5) is 18.9 Å². The number of rotatable bonds is 3. The van der Waals surface area contributed by atoms with Crippen molar-refractivity contribution in [2.24, 2.45) is 0 Å². The number of carbonyl (C=O) groups is 1. The summed E-state index contributed by atoms with van der Waals surface area (Å²) in [5.74, 6) is -1.24. The van der Waals surface area contributed by atoms with Gasteiger partial charge in [0.1, 0.15) is 0 Å².